The average molecular weight is 250 g/mol. The van der Waals surface area contributed by atoms with Crippen LogP contribution in [0.15, 0.2) is 24.5 Å². The SMILES string of the molecule is CCOc1c(N)nsc1NCc1ccncc1. The van der Waals surface area contributed by atoms with E-state index in [1.54, 1.807) is 12.4 Å². The topological polar surface area (TPSA) is 73.1 Å². The smallest absolute Gasteiger partial charge is 0.197 e. The van der Waals surface area contributed by atoms with Crippen molar-refractivity contribution in [3.63, 3.8) is 0 Å². The van der Waals surface area contributed by atoms with E-state index in [0.717, 1.165) is 10.6 Å². The molecule has 6 heteroatoms. The summed E-state index contributed by atoms with van der Waals surface area (Å²) in [5.41, 5.74) is 6.87. The molecule has 0 aromatic carbocycles. The molecule has 0 bridgehead atoms. The van der Waals surface area contributed by atoms with Crippen molar-refractivity contribution >= 4 is 22.4 Å². The Morgan fingerprint density at radius 2 is 2.18 bits per heavy atom. The number of nitrogens with two attached hydrogens (primary N) is 1. The second kappa shape index (κ2) is 5.49. The predicted molar refractivity (Wildman–Crippen MR) is 69.3 cm³/mol. The molecule has 2 aromatic heterocycles. The van der Waals surface area contributed by atoms with Gasteiger partial charge in [-0.3, -0.25) is 4.98 Å². The maximum Gasteiger partial charge on any atom is 0.197 e. The molecule has 0 aliphatic carbocycles. The fourth-order valence-electron chi connectivity index (χ4n) is 1.37. The van der Waals surface area contributed by atoms with Gasteiger partial charge < -0.3 is 15.8 Å². The molecule has 0 saturated carbocycles. The molecule has 3 N–H and O–H groups in total. The predicted octanol–water partition coefficient (Wildman–Crippen LogP) is 2.13. The third-order valence-electron chi connectivity index (χ3n) is 2.17. The van der Waals surface area contributed by atoms with E-state index in [9.17, 15) is 0 Å². The number of pyridine rings is 1. The lowest BCUT2D eigenvalue weighted by Gasteiger charge is -2.07. The van der Waals surface area contributed by atoms with Crippen LogP contribution in [0, 0.1) is 0 Å². The van der Waals surface area contributed by atoms with E-state index in [1.807, 2.05) is 19.1 Å². The van der Waals surface area contributed by atoms with E-state index in [4.69, 9.17) is 10.5 Å². The van der Waals surface area contributed by atoms with Crippen LogP contribution < -0.4 is 15.8 Å². The van der Waals surface area contributed by atoms with Crippen LogP contribution in [0.3, 0.4) is 0 Å². The van der Waals surface area contributed by atoms with Gasteiger partial charge in [-0.2, -0.15) is 4.37 Å². The summed E-state index contributed by atoms with van der Waals surface area (Å²) in [6.07, 6.45) is 3.53. The monoisotopic (exact) mass is 250 g/mol. The Hall–Kier alpha value is -1.82. The lowest BCUT2D eigenvalue weighted by molar-refractivity contribution is 0.344. The first kappa shape index (κ1) is 11.7. The molecule has 0 radical (unpaired) electrons. The lowest BCUT2D eigenvalue weighted by Crippen LogP contribution is -2.01. The number of rotatable bonds is 5. The fourth-order valence-corrected chi connectivity index (χ4v) is 2.03. The molecular formula is C11H14N4OS. The zero-order valence-electron chi connectivity index (χ0n) is 9.51. The summed E-state index contributed by atoms with van der Waals surface area (Å²) >= 11 is 1.31. The van der Waals surface area contributed by atoms with Gasteiger partial charge in [-0.25, -0.2) is 0 Å². The zero-order valence-corrected chi connectivity index (χ0v) is 10.3. The Balaban J connectivity index is 2.04. The van der Waals surface area contributed by atoms with Gasteiger partial charge in [0.25, 0.3) is 0 Å². The lowest BCUT2D eigenvalue weighted by atomic mass is 10.3. The largest absolute Gasteiger partial charge is 0.487 e. The van der Waals surface area contributed by atoms with E-state index in [1.165, 1.54) is 11.5 Å². The molecule has 0 spiro atoms. The van der Waals surface area contributed by atoms with Crippen molar-refractivity contribution in [2.24, 2.45) is 0 Å². The summed E-state index contributed by atoms with van der Waals surface area (Å²) < 4.78 is 9.51. The van der Waals surface area contributed by atoms with Gasteiger partial charge >= 0.3 is 0 Å². The molecule has 0 unspecified atom stereocenters. The van der Waals surface area contributed by atoms with Crippen molar-refractivity contribution in [2.45, 2.75) is 13.5 Å². The van der Waals surface area contributed by atoms with E-state index < -0.39 is 0 Å². The summed E-state index contributed by atoms with van der Waals surface area (Å²) in [5, 5.41) is 4.12. The first-order valence-electron chi connectivity index (χ1n) is 5.32. The summed E-state index contributed by atoms with van der Waals surface area (Å²) in [6, 6.07) is 3.91. The van der Waals surface area contributed by atoms with Crippen molar-refractivity contribution in [1.82, 2.24) is 9.36 Å². The number of hydrogen-bond donors (Lipinski definition) is 2. The standard InChI is InChI=1S/C11H14N4OS/c1-2-16-9-10(12)15-17-11(9)14-7-8-3-5-13-6-4-8/h3-6,14H,2,7H2,1H3,(H2,12,15). The summed E-state index contributed by atoms with van der Waals surface area (Å²) in [5.74, 6) is 1.08. The van der Waals surface area contributed by atoms with Crippen molar-refractivity contribution in [3.05, 3.63) is 30.1 Å². The number of nitrogens with one attached hydrogen (secondary N) is 1. The average Bonchev–Trinajstić information content (AvgIpc) is 2.70. The van der Waals surface area contributed by atoms with Gasteiger partial charge in [-0.15, -0.1) is 0 Å². The molecule has 0 atom stereocenters. The highest BCUT2D eigenvalue weighted by atomic mass is 32.1. The van der Waals surface area contributed by atoms with E-state index in [2.05, 4.69) is 14.7 Å². The highest BCUT2D eigenvalue weighted by Crippen LogP contribution is 2.35. The molecule has 17 heavy (non-hydrogen) atoms. The molecule has 2 aromatic rings. The third-order valence-corrected chi connectivity index (χ3v) is 2.97. The molecule has 2 rings (SSSR count). The van der Waals surface area contributed by atoms with E-state index in [0.29, 0.717) is 24.7 Å². The summed E-state index contributed by atoms with van der Waals surface area (Å²) in [7, 11) is 0. The molecule has 0 aliphatic heterocycles. The van der Waals surface area contributed by atoms with Crippen LogP contribution in [0.5, 0.6) is 5.75 Å². The minimum atomic E-state index is 0.439. The zero-order chi connectivity index (χ0) is 12.1. The van der Waals surface area contributed by atoms with Gasteiger partial charge in [-0.1, -0.05) is 0 Å². The summed E-state index contributed by atoms with van der Waals surface area (Å²) in [4.78, 5) is 3.97. The first-order chi connectivity index (χ1) is 8.31. The highest BCUT2D eigenvalue weighted by Gasteiger charge is 2.11. The fraction of sp³-hybridized carbons (Fsp3) is 0.273. The molecular weight excluding hydrogens is 236 g/mol. The number of aromatic nitrogens is 2. The minimum absolute atomic E-state index is 0.439. The molecule has 0 amide bonds. The van der Waals surface area contributed by atoms with Crippen molar-refractivity contribution < 1.29 is 4.74 Å². The number of nitrogen functional groups attached to an aromatic ring is 1. The number of anilines is 2. The van der Waals surface area contributed by atoms with Crippen LogP contribution in [0.25, 0.3) is 0 Å². The van der Waals surface area contributed by atoms with Crippen molar-refractivity contribution in [2.75, 3.05) is 17.7 Å². The normalized spacial score (nSPS) is 10.2. The quantitative estimate of drug-likeness (QED) is 0.850. The molecule has 0 aliphatic rings. The van der Waals surface area contributed by atoms with Gasteiger partial charge in [0.1, 0.15) is 0 Å². The van der Waals surface area contributed by atoms with Gasteiger partial charge in [0.2, 0.25) is 0 Å². The Morgan fingerprint density at radius 1 is 1.41 bits per heavy atom. The molecule has 0 fully saturated rings. The molecule has 2 heterocycles. The van der Waals surface area contributed by atoms with Gasteiger partial charge in [-0.05, 0) is 36.2 Å². The Labute approximate surface area is 104 Å². The van der Waals surface area contributed by atoms with Crippen LogP contribution in [-0.2, 0) is 6.54 Å². The molecule has 5 nitrogen and oxygen atoms in total. The highest BCUT2D eigenvalue weighted by molar-refractivity contribution is 7.11. The van der Waals surface area contributed by atoms with Gasteiger partial charge in [0.05, 0.1) is 6.61 Å². The van der Waals surface area contributed by atoms with Crippen LogP contribution in [0.1, 0.15) is 12.5 Å². The van der Waals surface area contributed by atoms with Crippen LogP contribution in [0.2, 0.25) is 0 Å². The Kier molecular flexibility index (Phi) is 3.77. The van der Waals surface area contributed by atoms with Crippen molar-refractivity contribution in [3.8, 4) is 5.75 Å². The third kappa shape index (κ3) is 2.85. The summed E-state index contributed by atoms with van der Waals surface area (Å²) in [6.45, 7) is 3.19. The number of hydrogen-bond acceptors (Lipinski definition) is 6. The minimum Gasteiger partial charge on any atom is -0.487 e. The van der Waals surface area contributed by atoms with E-state index in [-0.39, 0.29) is 0 Å². The maximum absolute atomic E-state index is 5.72. The Bertz CT molecular complexity index is 472. The van der Waals surface area contributed by atoms with Crippen LogP contribution in [-0.4, -0.2) is 16.0 Å². The maximum atomic E-state index is 5.72. The second-order valence-corrected chi connectivity index (χ2v) is 4.14. The van der Waals surface area contributed by atoms with E-state index >= 15 is 0 Å². The molecule has 0 saturated heterocycles. The van der Waals surface area contributed by atoms with Gasteiger partial charge in [0.15, 0.2) is 16.6 Å². The van der Waals surface area contributed by atoms with Gasteiger partial charge in [0, 0.05) is 18.9 Å². The molecule has 90 valence electrons. The first-order valence-corrected chi connectivity index (χ1v) is 6.09. The Morgan fingerprint density at radius 3 is 2.88 bits per heavy atom. The number of ether oxygens (including phenoxy) is 1. The number of nitrogens with zero attached hydrogens (tertiary/aromatic N) is 2. The van der Waals surface area contributed by atoms with Crippen molar-refractivity contribution in [1.29, 1.82) is 0 Å². The second-order valence-electron chi connectivity index (χ2n) is 3.37. The van der Waals surface area contributed by atoms with Crippen LogP contribution >= 0.6 is 11.5 Å². The van der Waals surface area contributed by atoms with Crippen LogP contribution in [0.4, 0.5) is 10.8 Å².